The molecule has 94 valence electrons. The summed E-state index contributed by atoms with van der Waals surface area (Å²) in [5, 5.41) is 3.27. The predicted octanol–water partition coefficient (Wildman–Crippen LogP) is 1.66. The summed E-state index contributed by atoms with van der Waals surface area (Å²) < 4.78 is 0. The van der Waals surface area contributed by atoms with Crippen LogP contribution in [0.4, 0.5) is 0 Å². The Morgan fingerprint density at radius 1 is 1.44 bits per heavy atom. The third kappa shape index (κ3) is 2.51. The van der Waals surface area contributed by atoms with Gasteiger partial charge in [-0.2, -0.15) is 0 Å². The number of hydrogen-bond donors (Lipinski definition) is 1. The van der Waals surface area contributed by atoms with Gasteiger partial charge in [-0.3, -0.25) is 4.79 Å². The fourth-order valence-corrected chi connectivity index (χ4v) is 3.06. The molecule has 3 nitrogen and oxygen atoms in total. The molecule has 2 aliphatic heterocycles. The van der Waals surface area contributed by atoms with Crippen molar-refractivity contribution < 1.29 is 4.79 Å². The lowest BCUT2D eigenvalue weighted by atomic mass is 9.96. The first-order chi connectivity index (χ1) is 7.00. The van der Waals surface area contributed by atoms with Crippen molar-refractivity contribution in [2.45, 2.75) is 39.2 Å². The van der Waals surface area contributed by atoms with Crippen LogP contribution in [-0.2, 0) is 4.79 Å². The van der Waals surface area contributed by atoms with Crippen molar-refractivity contribution in [1.29, 1.82) is 0 Å². The molecule has 0 aromatic rings. The summed E-state index contributed by atoms with van der Waals surface area (Å²) in [5.41, 5.74) is 0.0685. The second kappa shape index (κ2) is 4.92. The zero-order valence-corrected chi connectivity index (χ0v) is 11.3. The van der Waals surface area contributed by atoms with Gasteiger partial charge in [-0.15, -0.1) is 12.4 Å². The fraction of sp³-hybridized carbons (Fsp3) is 0.917. The lowest BCUT2D eigenvalue weighted by Crippen LogP contribution is -2.46. The number of carbonyl (C=O) groups excluding carboxylic acids is 1. The van der Waals surface area contributed by atoms with Crippen LogP contribution in [0.5, 0.6) is 0 Å². The first-order valence-corrected chi connectivity index (χ1v) is 6.03. The topological polar surface area (TPSA) is 32.3 Å². The van der Waals surface area contributed by atoms with Crippen LogP contribution in [-0.4, -0.2) is 36.0 Å². The van der Waals surface area contributed by atoms with Gasteiger partial charge < -0.3 is 10.2 Å². The van der Waals surface area contributed by atoms with Crippen LogP contribution < -0.4 is 5.32 Å². The SMILES string of the molecule is CC1CN(C(=O)C2CCNC2)C(C)(C)C1.Cl. The molecule has 0 aromatic heterocycles. The molecule has 16 heavy (non-hydrogen) atoms. The summed E-state index contributed by atoms with van der Waals surface area (Å²) in [6, 6.07) is 0. The highest BCUT2D eigenvalue weighted by atomic mass is 35.5. The Balaban J connectivity index is 0.00000128. The monoisotopic (exact) mass is 246 g/mol. The number of hydrogen-bond acceptors (Lipinski definition) is 2. The number of rotatable bonds is 1. The van der Waals surface area contributed by atoms with Crippen molar-refractivity contribution in [3.8, 4) is 0 Å². The van der Waals surface area contributed by atoms with E-state index in [1.54, 1.807) is 0 Å². The minimum atomic E-state index is 0. The fourth-order valence-electron chi connectivity index (χ4n) is 3.06. The largest absolute Gasteiger partial charge is 0.337 e. The molecule has 1 amide bonds. The zero-order valence-electron chi connectivity index (χ0n) is 10.5. The second-order valence-electron chi connectivity index (χ2n) is 5.76. The molecule has 0 aromatic carbocycles. The summed E-state index contributed by atoms with van der Waals surface area (Å²) in [6.07, 6.45) is 2.15. The summed E-state index contributed by atoms with van der Waals surface area (Å²) in [6.45, 7) is 9.44. The van der Waals surface area contributed by atoms with Crippen LogP contribution in [0.2, 0.25) is 0 Å². The highest BCUT2D eigenvalue weighted by Gasteiger charge is 2.41. The highest BCUT2D eigenvalue weighted by molar-refractivity contribution is 5.85. The van der Waals surface area contributed by atoms with Crippen molar-refractivity contribution in [2.75, 3.05) is 19.6 Å². The Morgan fingerprint density at radius 2 is 2.12 bits per heavy atom. The van der Waals surface area contributed by atoms with E-state index in [1.165, 1.54) is 0 Å². The molecule has 2 rings (SSSR count). The molecular formula is C12H23ClN2O. The van der Waals surface area contributed by atoms with E-state index in [0.29, 0.717) is 11.8 Å². The molecule has 0 aliphatic carbocycles. The predicted molar refractivity (Wildman–Crippen MR) is 67.8 cm³/mol. The number of carbonyl (C=O) groups is 1. The van der Waals surface area contributed by atoms with Gasteiger partial charge in [0.2, 0.25) is 5.91 Å². The van der Waals surface area contributed by atoms with Crippen molar-refractivity contribution >= 4 is 18.3 Å². The molecular weight excluding hydrogens is 224 g/mol. The van der Waals surface area contributed by atoms with E-state index >= 15 is 0 Å². The number of nitrogens with zero attached hydrogens (tertiary/aromatic N) is 1. The normalized spacial score (nSPS) is 32.6. The van der Waals surface area contributed by atoms with Crippen LogP contribution in [0.25, 0.3) is 0 Å². The van der Waals surface area contributed by atoms with Gasteiger partial charge in [0.15, 0.2) is 0 Å². The summed E-state index contributed by atoms with van der Waals surface area (Å²) in [4.78, 5) is 14.4. The van der Waals surface area contributed by atoms with Crippen LogP contribution in [0, 0.1) is 11.8 Å². The maximum absolute atomic E-state index is 12.3. The Hall–Kier alpha value is -0.280. The highest BCUT2D eigenvalue weighted by Crippen LogP contribution is 2.34. The van der Waals surface area contributed by atoms with Gasteiger partial charge in [0.25, 0.3) is 0 Å². The summed E-state index contributed by atoms with van der Waals surface area (Å²) >= 11 is 0. The van der Waals surface area contributed by atoms with Crippen LogP contribution in [0.1, 0.15) is 33.6 Å². The van der Waals surface area contributed by atoms with E-state index in [9.17, 15) is 4.79 Å². The van der Waals surface area contributed by atoms with Gasteiger partial charge in [0.05, 0.1) is 5.92 Å². The number of nitrogens with one attached hydrogen (secondary N) is 1. The molecule has 2 saturated heterocycles. The van der Waals surface area contributed by atoms with Gasteiger partial charge in [-0.05, 0) is 39.2 Å². The van der Waals surface area contributed by atoms with Gasteiger partial charge in [-0.1, -0.05) is 6.92 Å². The van der Waals surface area contributed by atoms with Gasteiger partial charge in [-0.25, -0.2) is 0 Å². The van der Waals surface area contributed by atoms with E-state index in [0.717, 1.165) is 32.5 Å². The van der Waals surface area contributed by atoms with E-state index in [-0.39, 0.29) is 23.9 Å². The molecule has 2 fully saturated rings. The van der Waals surface area contributed by atoms with E-state index in [1.807, 2.05) is 0 Å². The van der Waals surface area contributed by atoms with Crippen molar-refractivity contribution in [3.05, 3.63) is 0 Å². The van der Waals surface area contributed by atoms with Crippen LogP contribution in [0.15, 0.2) is 0 Å². The Morgan fingerprint density at radius 3 is 2.56 bits per heavy atom. The van der Waals surface area contributed by atoms with Gasteiger partial charge in [0, 0.05) is 18.6 Å². The lowest BCUT2D eigenvalue weighted by molar-refractivity contribution is -0.138. The third-order valence-corrected chi connectivity index (χ3v) is 3.75. The molecule has 0 radical (unpaired) electrons. The smallest absolute Gasteiger partial charge is 0.227 e. The number of halogens is 1. The number of likely N-dealkylation sites (tertiary alicyclic amines) is 1. The molecule has 2 heterocycles. The standard InChI is InChI=1S/C12H22N2O.ClH/c1-9-6-12(2,3)14(8-9)11(15)10-4-5-13-7-10;/h9-10,13H,4-8H2,1-3H3;1H. The zero-order chi connectivity index (χ0) is 11.1. The van der Waals surface area contributed by atoms with Gasteiger partial charge in [0.1, 0.15) is 0 Å². The quantitative estimate of drug-likeness (QED) is 0.763. The molecule has 2 atom stereocenters. The van der Waals surface area contributed by atoms with Crippen molar-refractivity contribution in [3.63, 3.8) is 0 Å². The maximum atomic E-state index is 12.3. The first kappa shape index (κ1) is 13.8. The third-order valence-electron chi connectivity index (χ3n) is 3.75. The lowest BCUT2D eigenvalue weighted by Gasteiger charge is -2.33. The Kier molecular flexibility index (Phi) is 4.24. The van der Waals surface area contributed by atoms with E-state index in [4.69, 9.17) is 0 Å². The molecule has 4 heteroatoms. The average Bonchev–Trinajstić information content (AvgIpc) is 2.71. The molecule has 0 bridgehead atoms. The van der Waals surface area contributed by atoms with E-state index < -0.39 is 0 Å². The molecule has 2 unspecified atom stereocenters. The molecule has 2 aliphatic rings. The first-order valence-electron chi connectivity index (χ1n) is 6.03. The number of amides is 1. The molecule has 0 spiro atoms. The van der Waals surface area contributed by atoms with Crippen molar-refractivity contribution in [2.24, 2.45) is 11.8 Å². The van der Waals surface area contributed by atoms with Crippen LogP contribution >= 0.6 is 12.4 Å². The maximum Gasteiger partial charge on any atom is 0.227 e. The molecule has 1 N–H and O–H groups in total. The van der Waals surface area contributed by atoms with Gasteiger partial charge >= 0.3 is 0 Å². The van der Waals surface area contributed by atoms with Crippen LogP contribution in [0.3, 0.4) is 0 Å². The van der Waals surface area contributed by atoms with Crippen molar-refractivity contribution in [1.82, 2.24) is 10.2 Å². The Bertz CT molecular complexity index is 262. The Labute approximate surface area is 104 Å². The minimum Gasteiger partial charge on any atom is -0.337 e. The van der Waals surface area contributed by atoms with E-state index in [2.05, 4.69) is 31.0 Å². The average molecular weight is 247 g/mol. The minimum absolute atomic E-state index is 0. The summed E-state index contributed by atoms with van der Waals surface area (Å²) in [5.74, 6) is 1.25. The second-order valence-corrected chi connectivity index (χ2v) is 5.76. The summed E-state index contributed by atoms with van der Waals surface area (Å²) in [7, 11) is 0. The molecule has 0 saturated carbocycles.